The van der Waals surface area contributed by atoms with Crippen LogP contribution < -0.4 is 5.73 Å². The molecule has 0 spiro atoms. The van der Waals surface area contributed by atoms with Crippen molar-refractivity contribution >= 4 is 12.1 Å². The molecule has 0 saturated heterocycles. The van der Waals surface area contributed by atoms with Crippen molar-refractivity contribution in [2.24, 2.45) is 16.8 Å². The zero-order valence-corrected chi connectivity index (χ0v) is 8.35. The van der Waals surface area contributed by atoms with Gasteiger partial charge < -0.3 is 5.73 Å². The number of hydrazone groups is 1. The van der Waals surface area contributed by atoms with E-state index >= 15 is 0 Å². The lowest BCUT2D eigenvalue weighted by atomic mass is 9.98. The first-order valence-electron chi connectivity index (χ1n) is 5.38. The van der Waals surface area contributed by atoms with Crippen molar-refractivity contribution in [2.75, 3.05) is 6.54 Å². The molecule has 78 valence electrons. The number of nitrogens with zero attached hydrogens (tertiary/aromatic N) is 2. The Morgan fingerprint density at radius 2 is 2.21 bits per heavy atom. The van der Waals surface area contributed by atoms with Crippen LogP contribution in [0.4, 0.5) is 0 Å². The van der Waals surface area contributed by atoms with Crippen molar-refractivity contribution in [1.82, 2.24) is 5.01 Å². The fourth-order valence-corrected chi connectivity index (χ4v) is 2.25. The van der Waals surface area contributed by atoms with Crippen molar-refractivity contribution < 1.29 is 4.79 Å². The molecule has 1 aliphatic carbocycles. The van der Waals surface area contributed by atoms with Crippen LogP contribution in [0.15, 0.2) is 5.10 Å². The molecule has 1 aliphatic heterocycles. The normalized spacial score (nSPS) is 24.5. The number of rotatable bonds is 2. The van der Waals surface area contributed by atoms with Gasteiger partial charge in [0.05, 0.1) is 6.04 Å². The molecule has 2 rings (SSSR count). The van der Waals surface area contributed by atoms with Gasteiger partial charge in [-0.15, -0.1) is 0 Å². The van der Waals surface area contributed by atoms with Crippen LogP contribution in [-0.4, -0.2) is 29.7 Å². The molecule has 1 saturated carbocycles. The zero-order chi connectivity index (χ0) is 9.97. The molecular weight excluding hydrogens is 178 g/mol. The molecule has 2 N–H and O–H groups in total. The SMILES string of the molecule is N[C@H](C(=O)N1CCC=N1)C1CCCC1. The maximum atomic E-state index is 11.8. The van der Waals surface area contributed by atoms with Gasteiger partial charge in [-0.3, -0.25) is 4.79 Å². The summed E-state index contributed by atoms with van der Waals surface area (Å²) in [6.45, 7) is 0.708. The van der Waals surface area contributed by atoms with Crippen LogP contribution in [-0.2, 0) is 4.79 Å². The van der Waals surface area contributed by atoms with E-state index < -0.39 is 0 Å². The number of amides is 1. The highest BCUT2D eigenvalue weighted by atomic mass is 16.2. The van der Waals surface area contributed by atoms with E-state index in [0.717, 1.165) is 19.3 Å². The summed E-state index contributed by atoms with van der Waals surface area (Å²) in [6, 6.07) is -0.326. The van der Waals surface area contributed by atoms with E-state index in [9.17, 15) is 4.79 Å². The Morgan fingerprint density at radius 3 is 2.79 bits per heavy atom. The topological polar surface area (TPSA) is 58.7 Å². The smallest absolute Gasteiger partial charge is 0.259 e. The second-order valence-electron chi connectivity index (χ2n) is 4.12. The van der Waals surface area contributed by atoms with Crippen LogP contribution >= 0.6 is 0 Å². The average Bonchev–Trinajstić information content (AvgIpc) is 2.87. The standard InChI is InChI=1S/C10H17N3O/c11-9(8-4-1-2-5-8)10(14)13-7-3-6-12-13/h6,8-9H,1-5,7,11H2/t9-/m0/s1. The second kappa shape index (κ2) is 4.09. The van der Waals surface area contributed by atoms with Crippen LogP contribution in [0.3, 0.4) is 0 Å². The summed E-state index contributed by atoms with van der Waals surface area (Å²) >= 11 is 0. The first-order chi connectivity index (χ1) is 6.79. The predicted molar refractivity (Wildman–Crippen MR) is 54.8 cm³/mol. The van der Waals surface area contributed by atoms with Crippen molar-refractivity contribution in [3.8, 4) is 0 Å². The summed E-state index contributed by atoms with van der Waals surface area (Å²) in [4.78, 5) is 11.8. The van der Waals surface area contributed by atoms with E-state index in [1.165, 1.54) is 17.9 Å². The molecule has 14 heavy (non-hydrogen) atoms. The molecule has 1 heterocycles. The van der Waals surface area contributed by atoms with Gasteiger partial charge in [0, 0.05) is 19.2 Å². The summed E-state index contributed by atoms with van der Waals surface area (Å²) in [5.41, 5.74) is 5.94. The second-order valence-corrected chi connectivity index (χ2v) is 4.12. The maximum Gasteiger partial charge on any atom is 0.259 e. The van der Waals surface area contributed by atoms with Crippen LogP contribution in [0.5, 0.6) is 0 Å². The molecule has 4 nitrogen and oxygen atoms in total. The van der Waals surface area contributed by atoms with E-state index in [2.05, 4.69) is 5.10 Å². The van der Waals surface area contributed by atoms with Crippen molar-refractivity contribution in [3.05, 3.63) is 0 Å². The van der Waals surface area contributed by atoms with Gasteiger partial charge in [0.1, 0.15) is 0 Å². The lowest BCUT2D eigenvalue weighted by Crippen LogP contribution is -2.44. The summed E-state index contributed by atoms with van der Waals surface area (Å²) in [7, 11) is 0. The minimum atomic E-state index is -0.326. The Morgan fingerprint density at radius 1 is 1.50 bits per heavy atom. The van der Waals surface area contributed by atoms with Crippen molar-refractivity contribution in [2.45, 2.75) is 38.1 Å². The molecule has 0 bridgehead atoms. The highest BCUT2D eigenvalue weighted by molar-refractivity contribution is 5.83. The summed E-state index contributed by atoms with van der Waals surface area (Å²) in [5.74, 6) is 0.393. The van der Waals surface area contributed by atoms with Gasteiger partial charge in [0.25, 0.3) is 5.91 Å². The largest absolute Gasteiger partial charge is 0.320 e. The third-order valence-electron chi connectivity index (χ3n) is 3.14. The molecule has 1 fully saturated rings. The van der Waals surface area contributed by atoms with Gasteiger partial charge in [-0.05, 0) is 18.8 Å². The Balaban J connectivity index is 1.92. The molecule has 1 amide bonds. The lowest BCUT2D eigenvalue weighted by Gasteiger charge is -2.21. The molecule has 4 heteroatoms. The Bertz CT molecular complexity index is 246. The summed E-state index contributed by atoms with van der Waals surface area (Å²) < 4.78 is 0. The Hall–Kier alpha value is -0.900. The van der Waals surface area contributed by atoms with Gasteiger partial charge in [0.2, 0.25) is 0 Å². The maximum absolute atomic E-state index is 11.8. The van der Waals surface area contributed by atoms with Gasteiger partial charge >= 0.3 is 0 Å². The minimum Gasteiger partial charge on any atom is -0.320 e. The first-order valence-corrected chi connectivity index (χ1v) is 5.38. The van der Waals surface area contributed by atoms with E-state index in [-0.39, 0.29) is 11.9 Å². The predicted octanol–water partition coefficient (Wildman–Crippen LogP) is 0.722. The Kier molecular flexibility index (Phi) is 2.82. The summed E-state index contributed by atoms with van der Waals surface area (Å²) in [5, 5.41) is 5.52. The van der Waals surface area contributed by atoms with E-state index in [1.807, 2.05) is 0 Å². The third kappa shape index (κ3) is 1.80. The minimum absolute atomic E-state index is 0.00523. The number of hydrogen-bond acceptors (Lipinski definition) is 3. The number of carbonyl (C=O) groups excluding carboxylic acids is 1. The molecule has 0 aromatic carbocycles. The molecule has 1 atom stereocenters. The number of hydrogen-bond donors (Lipinski definition) is 1. The van der Waals surface area contributed by atoms with Crippen LogP contribution in [0, 0.1) is 5.92 Å². The highest BCUT2D eigenvalue weighted by Crippen LogP contribution is 2.27. The van der Waals surface area contributed by atoms with Gasteiger partial charge in [0.15, 0.2) is 0 Å². The highest BCUT2D eigenvalue weighted by Gasteiger charge is 2.31. The van der Waals surface area contributed by atoms with E-state index in [4.69, 9.17) is 5.73 Å². The van der Waals surface area contributed by atoms with E-state index in [0.29, 0.717) is 12.5 Å². The number of carbonyl (C=O) groups is 1. The average molecular weight is 195 g/mol. The van der Waals surface area contributed by atoms with Crippen molar-refractivity contribution in [3.63, 3.8) is 0 Å². The van der Waals surface area contributed by atoms with Gasteiger partial charge in [-0.2, -0.15) is 5.10 Å². The molecule has 0 aromatic heterocycles. The van der Waals surface area contributed by atoms with Crippen LogP contribution in [0.2, 0.25) is 0 Å². The molecule has 0 unspecified atom stereocenters. The molecular formula is C10H17N3O. The molecule has 0 aromatic rings. The van der Waals surface area contributed by atoms with Crippen molar-refractivity contribution in [1.29, 1.82) is 0 Å². The van der Waals surface area contributed by atoms with Crippen LogP contribution in [0.1, 0.15) is 32.1 Å². The zero-order valence-electron chi connectivity index (χ0n) is 8.35. The van der Waals surface area contributed by atoms with Gasteiger partial charge in [-0.1, -0.05) is 12.8 Å². The Labute approximate surface area is 84.1 Å². The fraction of sp³-hybridized carbons (Fsp3) is 0.800. The third-order valence-corrected chi connectivity index (χ3v) is 3.14. The first kappa shape index (κ1) is 9.65. The number of nitrogens with two attached hydrogens (primary N) is 1. The molecule has 2 aliphatic rings. The van der Waals surface area contributed by atoms with Crippen LogP contribution in [0.25, 0.3) is 0 Å². The molecule has 0 radical (unpaired) electrons. The monoisotopic (exact) mass is 195 g/mol. The van der Waals surface area contributed by atoms with E-state index in [1.54, 1.807) is 6.21 Å². The lowest BCUT2D eigenvalue weighted by molar-refractivity contribution is -0.133. The summed E-state index contributed by atoms with van der Waals surface area (Å²) in [6.07, 6.45) is 7.28. The quantitative estimate of drug-likeness (QED) is 0.706. The van der Waals surface area contributed by atoms with Gasteiger partial charge in [-0.25, -0.2) is 5.01 Å². The fourth-order valence-electron chi connectivity index (χ4n) is 2.25.